The Hall–Kier alpha value is -6.03. The number of hydrogen-bond donors (Lipinski definition) is 4. The summed E-state index contributed by atoms with van der Waals surface area (Å²) < 4.78 is 9.97. The minimum absolute atomic E-state index is 0.201. The molecule has 0 spiro atoms. The molecule has 5 N–H and O–H groups in total. The molecule has 0 unspecified atom stereocenters. The van der Waals surface area contributed by atoms with Crippen LogP contribution in [0.5, 0.6) is 0 Å². The highest BCUT2D eigenvalue weighted by Crippen LogP contribution is 2.35. The van der Waals surface area contributed by atoms with Gasteiger partial charge in [-0.1, -0.05) is 62.4 Å². The molecule has 2 saturated heterocycles. The third kappa shape index (κ3) is 8.29. The number of carbonyl (C=O) groups excluding carboxylic acids is 4. The van der Waals surface area contributed by atoms with Crippen molar-refractivity contribution >= 4 is 35.3 Å². The maximum atomic E-state index is 13.8. The maximum Gasteiger partial charge on any atom is 0.407 e. The Bertz CT molecular complexity index is 2150. The molecule has 5 heterocycles. The fourth-order valence-electron chi connectivity index (χ4n) is 7.53. The standard InChI is InChI=1S/C40H45N9O6S/c1-23(2)34(55-39(41)52)38(51)49-17-5-7-33(49)36-43-20-31(46-36)27-14-10-25(11-15-27)24-8-12-26(13-9-24)30-19-42-35(45-30)32-6-4-16-48(32)37(50)29(47-40(53)54-3)18-28-21-56-22-44-28/h8-15,19-23,29,32-34H,4-7,16-18H2,1-3H3,(H2,41,52)(H,42,45)(H,43,46)(H,47,53)/t29-,32-,33-,34-/m0/s1. The van der Waals surface area contributed by atoms with Gasteiger partial charge in [0.1, 0.15) is 17.7 Å². The van der Waals surface area contributed by atoms with E-state index < -0.39 is 24.3 Å². The summed E-state index contributed by atoms with van der Waals surface area (Å²) in [5.41, 5.74) is 13.3. The number of aromatic nitrogens is 5. The molecule has 2 aliphatic heterocycles. The van der Waals surface area contributed by atoms with Gasteiger partial charge in [0.05, 0.1) is 54.2 Å². The van der Waals surface area contributed by atoms with Crippen LogP contribution in [-0.4, -0.2) is 91.1 Å². The van der Waals surface area contributed by atoms with Crippen LogP contribution in [0.4, 0.5) is 9.59 Å². The Morgan fingerprint density at radius 2 is 1.34 bits per heavy atom. The molecule has 0 radical (unpaired) electrons. The molecule has 0 saturated carbocycles. The quantitative estimate of drug-likeness (QED) is 0.117. The number of nitrogens with zero attached hydrogens (tertiary/aromatic N) is 5. The lowest BCUT2D eigenvalue weighted by Crippen LogP contribution is -2.49. The van der Waals surface area contributed by atoms with Gasteiger partial charge in [0.2, 0.25) is 5.91 Å². The minimum atomic E-state index is -0.965. The lowest BCUT2D eigenvalue weighted by molar-refractivity contribution is -0.143. The monoisotopic (exact) mass is 779 g/mol. The van der Waals surface area contributed by atoms with Gasteiger partial charge in [-0.25, -0.2) is 24.5 Å². The normalized spacial score (nSPS) is 17.9. The highest BCUT2D eigenvalue weighted by Gasteiger charge is 2.39. The van der Waals surface area contributed by atoms with E-state index in [9.17, 15) is 19.2 Å². The third-order valence-corrected chi connectivity index (χ3v) is 11.0. The largest absolute Gasteiger partial charge is 0.453 e. The zero-order valence-electron chi connectivity index (χ0n) is 31.4. The van der Waals surface area contributed by atoms with Crippen molar-refractivity contribution in [1.29, 1.82) is 0 Å². The second-order valence-electron chi connectivity index (χ2n) is 14.4. The summed E-state index contributed by atoms with van der Waals surface area (Å²) in [6.07, 6.45) is 4.39. The smallest absolute Gasteiger partial charge is 0.407 e. The molecule has 2 aromatic carbocycles. The number of amides is 4. The van der Waals surface area contributed by atoms with Crippen LogP contribution in [0, 0.1) is 5.92 Å². The lowest BCUT2D eigenvalue weighted by atomic mass is 10.0. The number of ether oxygens (including phenoxy) is 2. The molecule has 4 atom stereocenters. The van der Waals surface area contributed by atoms with E-state index in [0.717, 1.165) is 65.0 Å². The number of benzene rings is 2. The Kier molecular flexibility index (Phi) is 11.5. The average Bonchev–Trinajstić information content (AvgIpc) is 4.05. The van der Waals surface area contributed by atoms with Gasteiger partial charge in [0.15, 0.2) is 6.10 Å². The van der Waals surface area contributed by atoms with Crippen molar-refractivity contribution in [1.82, 2.24) is 40.0 Å². The molecule has 5 aromatic rings. The highest BCUT2D eigenvalue weighted by molar-refractivity contribution is 7.07. The number of hydrogen-bond acceptors (Lipinski definition) is 10. The van der Waals surface area contributed by atoms with E-state index in [4.69, 9.17) is 15.2 Å². The van der Waals surface area contributed by atoms with Crippen LogP contribution in [0.2, 0.25) is 0 Å². The van der Waals surface area contributed by atoms with Crippen LogP contribution in [0.3, 0.4) is 0 Å². The summed E-state index contributed by atoms with van der Waals surface area (Å²) >= 11 is 1.44. The Morgan fingerprint density at radius 1 is 0.821 bits per heavy atom. The SMILES string of the molecule is COC(=O)N[C@@H](Cc1cscn1)C(=O)N1CCC[C@H]1c1ncc(-c2ccc(-c3ccc(-c4cnc([C@@H]5CCCN5C(=O)[C@@H](OC(N)=O)C(C)C)[nH]4)cc3)cc2)[nH]1. The predicted molar refractivity (Wildman–Crippen MR) is 209 cm³/mol. The van der Waals surface area contributed by atoms with Gasteiger partial charge < -0.3 is 40.3 Å². The number of H-pyrrole nitrogens is 2. The Labute approximate surface area is 328 Å². The number of aromatic amines is 2. The van der Waals surface area contributed by atoms with E-state index in [1.165, 1.54) is 18.4 Å². The van der Waals surface area contributed by atoms with Gasteiger partial charge >= 0.3 is 12.2 Å². The van der Waals surface area contributed by atoms with Crippen LogP contribution in [0.1, 0.15) is 69.0 Å². The second kappa shape index (κ2) is 16.8. The molecule has 2 fully saturated rings. The van der Waals surface area contributed by atoms with Gasteiger partial charge in [0.25, 0.3) is 5.91 Å². The molecular weight excluding hydrogens is 735 g/mol. The summed E-state index contributed by atoms with van der Waals surface area (Å²) in [6, 6.07) is 15.1. The number of carbonyl (C=O) groups is 4. The molecule has 16 heteroatoms. The van der Waals surface area contributed by atoms with Gasteiger partial charge in [-0.05, 0) is 53.9 Å². The van der Waals surface area contributed by atoms with Crippen LogP contribution >= 0.6 is 11.3 Å². The van der Waals surface area contributed by atoms with Crippen molar-refractivity contribution in [2.75, 3.05) is 20.2 Å². The summed E-state index contributed by atoms with van der Waals surface area (Å²) in [6.45, 7) is 4.75. The van der Waals surface area contributed by atoms with Crippen molar-refractivity contribution in [3.05, 3.63) is 89.2 Å². The van der Waals surface area contributed by atoms with Crippen molar-refractivity contribution in [3.63, 3.8) is 0 Å². The molecule has 7 rings (SSSR count). The number of primary amides is 1. The summed E-state index contributed by atoms with van der Waals surface area (Å²) in [5, 5.41) is 4.56. The zero-order valence-corrected chi connectivity index (χ0v) is 32.3. The molecule has 15 nitrogen and oxygen atoms in total. The molecule has 56 heavy (non-hydrogen) atoms. The highest BCUT2D eigenvalue weighted by atomic mass is 32.1. The topological polar surface area (TPSA) is 202 Å². The number of thiazole rings is 1. The minimum Gasteiger partial charge on any atom is -0.453 e. The van der Waals surface area contributed by atoms with E-state index in [1.807, 2.05) is 43.5 Å². The van der Waals surface area contributed by atoms with Crippen molar-refractivity contribution in [2.45, 2.75) is 70.2 Å². The average molecular weight is 780 g/mol. The van der Waals surface area contributed by atoms with Gasteiger partial charge in [-0.2, -0.15) is 0 Å². The molecule has 0 aliphatic carbocycles. The molecule has 292 valence electrons. The van der Waals surface area contributed by atoms with E-state index in [-0.39, 0.29) is 36.2 Å². The van der Waals surface area contributed by atoms with E-state index in [1.54, 1.807) is 27.7 Å². The Morgan fingerprint density at radius 3 is 1.80 bits per heavy atom. The number of rotatable bonds is 12. The van der Waals surface area contributed by atoms with Crippen molar-refractivity contribution in [3.8, 4) is 33.6 Å². The number of nitrogens with one attached hydrogen (secondary N) is 3. The molecular formula is C40H45N9O6S. The van der Waals surface area contributed by atoms with E-state index >= 15 is 0 Å². The first-order chi connectivity index (χ1) is 27.1. The van der Waals surface area contributed by atoms with Gasteiger partial charge in [0, 0.05) is 24.9 Å². The van der Waals surface area contributed by atoms with Crippen LogP contribution in [-0.2, 0) is 25.5 Å². The lowest BCUT2D eigenvalue weighted by Gasteiger charge is -2.29. The van der Waals surface area contributed by atoms with Crippen LogP contribution in [0.15, 0.2) is 71.8 Å². The summed E-state index contributed by atoms with van der Waals surface area (Å²) in [4.78, 5) is 74.7. The van der Waals surface area contributed by atoms with Crippen molar-refractivity contribution < 1.29 is 28.7 Å². The predicted octanol–water partition coefficient (Wildman–Crippen LogP) is 6.00. The fourth-order valence-corrected chi connectivity index (χ4v) is 8.10. The maximum absolute atomic E-state index is 13.8. The van der Waals surface area contributed by atoms with Crippen molar-refractivity contribution in [2.24, 2.45) is 11.7 Å². The molecule has 3 aromatic heterocycles. The van der Waals surface area contributed by atoms with Gasteiger partial charge in [-0.3, -0.25) is 9.59 Å². The zero-order chi connectivity index (χ0) is 39.3. The number of imidazole rings is 2. The molecule has 4 amide bonds. The first-order valence-electron chi connectivity index (χ1n) is 18.7. The summed E-state index contributed by atoms with van der Waals surface area (Å²) in [7, 11) is 1.27. The number of alkyl carbamates (subject to hydrolysis) is 1. The summed E-state index contributed by atoms with van der Waals surface area (Å²) in [5.74, 6) is 0.697. The Balaban J connectivity index is 1.00. The second-order valence-corrected chi connectivity index (χ2v) is 15.1. The first kappa shape index (κ1) is 38.3. The van der Waals surface area contributed by atoms with Crippen LogP contribution < -0.4 is 11.1 Å². The molecule has 2 aliphatic rings. The van der Waals surface area contributed by atoms with E-state index in [0.29, 0.717) is 24.7 Å². The van der Waals surface area contributed by atoms with E-state index in [2.05, 4.69) is 54.5 Å². The third-order valence-electron chi connectivity index (χ3n) is 10.4. The molecule has 0 bridgehead atoms. The number of likely N-dealkylation sites (tertiary alicyclic amines) is 2. The number of methoxy groups -OCH3 is 1. The number of nitrogens with two attached hydrogens (primary N) is 1. The van der Waals surface area contributed by atoms with Gasteiger partial charge in [-0.15, -0.1) is 11.3 Å². The fraction of sp³-hybridized carbons (Fsp3) is 0.375. The van der Waals surface area contributed by atoms with Crippen LogP contribution in [0.25, 0.3) is 33.6 Å². The first-order valence-corrected chi connectivity index (χ1v) is 19.6.